The fourth-order valence-corrected chi connectivity index (χ4v) is 3.33. The van der Waals surface area contributed by atoms with Gasteiger partial charge in [0.2, 0.25) is 0 Å². The lowest BCUT2D eigenvalue weighted by molar-refractivity contribution is -0.143. The van der Waals surface area contributed by atoms with Crippen molar-refractivity contribution in [2.24, 2.45) is 5.92 Å². The number of hydrogen-bond acceptors (Lipinski definition) is 8. The molecule has 0 aliphatic heterocycles. The van der Waals surface area contributed by atoms with Gasteiger partial charge < -0.3 is 24.3 Å². The third-order valence-electron chi connectivity index (χ3n) is 4.93. The van der Waals surface area contributed by atoms with E-state index in [0.29, 0.717) is 6.42 Å². The van der Waals surface area contributed by atoms with Crippen molar-refractivity contribution >= 4 is 24.2 Å². The van der Waals surface area contributed by atoms with E-state index in [1.54, 1.807) is 41.5 Å². The number of nitrogens with one attached hydrogen (secondary N) is 1. The maximum atomic E-state index is 12.8. The number of hydrogen-bond donors (Lipinski definition) is 1. The highest BCUT2D eigenvalue weighted by Gasteiger charge is 2.51. The largest absolute Gasteiger partial charge is 0.467 e. The van der Waals surface area contributed by atoms with Gasteiger partial charge in [-0.1, -0.05) is 30.3 Å². The van der Waals surface area contributed by atoms with E-state index in [2.05, 4.69) is 5.32 Å². The molecule has 1 fully saturated rings. The molecule has 1 aliphatic carbocycles. The Kier molecular flexibility index (Phi) is 9.12. The van der Waals surface area contributed by atoms with E-state index in [4.69, 9.17) is 18.9 Å². The van der Waals surface area contributed by atoms with Crippen molar-refractivity contribution in [1.29, 1.82) is 0 Å². The normalized spacial score (nSPS) is 18.0. The van der Waals surface area contributed by atoms with E-state index >= 15 is 0 Å². The third-order valence-corrected chi connectivity index (χ3v) is 4.93. The van der Waals surface area contributed by atoms with Crippen molar-refractivity contribution in [3.63, 3.8) is 0 Å². The van der Waals surface area contributed by atoms with Crippen LogP contribution in [0, 0.1) is 5.92 Å². The fraction of sp³-hybridized carbons (Fsp3) is 0.600. The molecule has 1 aromatic rings. The van der Waals surface area contributed by atoms with Crippen molar-refractivity contribution in [2.75, 3.05) is 7.11 Å². The summed E-state index contributed by atoms with van der Waals surface area (Å²) < 4.78 is 20.8. The highest BCUT2D eigenvalue weighted by atomic mass is 16.6. The first-order chi connectivity index (χ1) is 16.2. The molecular formula is C25H36N2O8. The number of carbonyl (C=O) groups excluding carboxylic acids is 4. The van der Waals surface area contributed by atoms with Crippen molar-refractivity contribution in [2.45, 2.75) is 84.3 Å². The highest BCUT2D eigenvalue weighted by molar-refractivity contribution is 5.89. The van der Waals surface area contributed by atoms with Gasteiger partial charge in [0.1, 0.15) is 23.9 Å². The zero-order valence-corrected chi connectivity index (χ0v) is 21.5. The number of rotatable bonds is 7. The van der Waals surface area contributed by atoms with Crippen molar-refractivity contribution in [1.82, 2.24) is 10.2 Å². The maximum absolute atomic E-state index is 12.8. The first kappa shape index (κ1) is 27.9. The van der Waals surface area contributed by atoms with E-state index in [1.165, 1.54) is 7.11 Å². The topological polar surface area (TPSA) is 120 Å². The molecule has 1 aliphatic rings. The van der Waals surface area contributed by atoms with Gasteiger partial charge in [-0.15, -0.1) is 0 Å². The number of imide groups is 1. The summed E-state index contributed by atoms with van der Waals surface area (Å²) in [5, 5.41) is 2.52. The minimum absolute atomic E-state index is 0.0394. The van der Waals surface area contributed by atoms with Crippen LogP contribution in [0.4, 0.5) is 14.4 Å². The second kappa shape index (κ2) is 11.4. The second-order valence-electron chi connectivity index (χ2n) is 10.4. The van der Waals surface area contributed by atoms with E-state index in [1.807, 2.05) is 30.3 Å². The average molecular weight is 493 g/mol. The second-order valence-corrected chi connectivity index (χ2v) is 10.4. The maximum Gasteiger partial charge on any atom is 0.420 e. The molecule has 3 atom stereocenters. The summed E-state index contributed by atoms with van der Waals surface area (Å²) in [6.07, 6.45) is -1.88. The quantitative estimate of drug-likeness (QED) is 0.439. The SMILES string of the molecule is COC(=O)[C@H](C[C@H]1C[C@@H]1N(C(=O)OC(C)(C)C)C(=O)OC(C)(C)C)NC(=O)OCc1ccccc1. The molecule has 1 N–H and O–H groups in total. The Hall–Kier alpha value is -3.30. The molecule has 10 heteroatoms. The number of esters is 1. The molecule has 10 nitrogen and oxygen atoms in total. The van der Waals surface area contributed by atoms with Crippen LogP contribution >= 0.6 is 0 Å². The monoisotopic (exact) mass is 492 g/mol. The number of amides is 3. The standard InChI is InChI=1S/C25H36N2O8/c1-24(2,3)34-22(30)27(23(31)35-25(4,5)6)19-14-17(19)13-18(20(28)32-7)26-21(29)33-15-16-11-9-8-10-12-16/h8-12,17-19H,13-15H2,1-7H3,(H,26,29)/t17-,18-,19-/m0/s1. The first-order valence-corrected chi connectivity index (χ1v) is 11.5. The van der Waals surface area contributed by atoms with E-state index in [9.17, 15) is 19.2 Å². The number of carbonyl (C=O) groups is 4. The number of methoxy groups -OCH3 is 1. The predicted octanol–water partition coefficient (Wildman–Crippen LogP) is 4.41. The van der Waals surface area contributed by atoms with Crippen molar-refractivity contribution in [3.05, 3.63) is 35.9 Å². The average Bonchev–Trinajstić information content (AvgIpc) is 3.47. The van der Waals surface area contributed by atoms with Gasteiger partial charge in [-0.2, -0.15) is 0 Å². The van der Waals surface area contributed by atoms with Gasteiger partial charge in [0, 0.05) is 6.04 Å². The van der Waals surface area contributed by atoms with Crippen LogP contribution in [0.5, 0.6) is 0 Å². The van der Waals surface area contributed by atoms with Gasteiger partial charge in [-0.25, -0.2) is 24.1 Å². The zero-order valence-electron chi connectivity index (χ0n) is 21.5. The Bertz CT molecular complexity index is 876. The zero-order chi connectivity index (χ0) is 26.4. The van der Waals surface area contributed by atoms with Gasteiger partial charge >= 0.3 is 24.2 Å². The lowest BCUT2D eigenvalue weighted by Crippen LogP contribution is -2.46. The molecule has 35 heavy (non-hydrogen) atoms. The summed E-state index contributed by atoms with van der Waals surface area (Å²) in [6, 6.07) is 7.54. The third kappa shape index (κ3) is 9.46. The Balaban J connectivity index is 2.05. The Labute approximate surface area is 206 Å². The molecule has 0 heterocycles. The molecule has 2 rings (SSSR count). The molecule has 0 unspecified atom stereocenters. The summed E-state index contributed by atoms with van der Waals surface area (Å²) >= 11 is 0. The smallest absolute Gasteiger partial charge is 0.420 e. The molecule has 0 aromatic heterocycles. The van der Waals surface area contributed by atoms with E-state index < -0.39 is 47.5 Å². The van der Waals surface area contributed by atoms with Crippen LogP contribution in [0.15, 0.2) is 30.3 Å². The summed E-state index contributed by atoms with van der Waals surface area (Å²) in [4.78, 5) is 51.2. The molecule has 3 amide bonds. The van der Waals surface area contributed by atoms with Crippen LogP contribution in [-0.4, -0.2) is 59.5 Å². The van der Waals surface area contributed by atoms with Crippen LogP contribution in [-0.2, 0) is 30.3 Å². The number of nitrogens with zero attached hydrogens (tertiary/aromatic N) is 1. The minimum Gasteiger partial charge on any atom is -0.467 e. The molecular weight excluding hydrogens is 456 g/mol. The molecule has 1 saturated carbocycles. The van der Waals surface area contributed by atoms with Crippen molar-refractivity contribution < 1.29 is 38.1 Å². The lowest BCUT2D eigenvalue weighted by atomic mass is 10.1. The Morgan fingerprint density at radius 2 is 1.51 bits per heavy atom. The van der Waals surface area contributed by atoms with Gasteiger partial charge in [-0.05, 0) is 65.9 Å². The fourth-order valence-electron chi connectivity index (χ4n) is 3.33. The first-order valence-electron chi connectivity index (χ1n) is 11.5. The van der Waals surface area contributed by atoms with Crippen LogP contribution in [0.3, 0.4) is 0 Å². The summed E-state index contributed by atoms with van der Waals surface area (Å²) in [6.45, 7) is 10.2. The summed E-state index contributed by atoms with van der Waals surface area (Å²) in [5.74, 6) is -0.929. The molecule has 0 saturated heterocycles. The van der Waals surface area contributed by atoms with Gasteiger partial charge in [-0.3, -0.25) is 0 Å². The molecule has 1 aromatic carbocycles. The minimum atomic E-state index is -1.02. The molecule has 194 valence electrons. The summed E-state index contributed by atoms with van der Waals surface area (Å²) in [7, 11) is 1.21. The predicted molar refractivity (Wildman–Crippen MR) is 126 cm³/mol. The number of ether oxygens (including phenoxy) is 4. The van der Waals surface area contributed by atoms with Crippen LogP contribution < -0.4 is 5.32 Å². The van der Waals surface area contributed by atoms with Gasteiger partial charge in [0.25, 0.3) is 0 Å². The lowest BCUT2D eigenvalue weighted by Gasteiger charge is -2.29. The summed E-state index contributed by atoms with van der Waals surface area (Å²) in [5.41, 5.74) is -0.842. The van der Waals surface area contributed by atoms with Crippen LogP contribution in [0.2, 0.25) is 0 Å². The van der Waals surface area contributed by atoms with Gasteiger partial charge in [0.05, 0.1) is 7.11 Å². The molecule has 0 radical (unpaired) electrons. The number of alkyl carbamates (subject to hydrolysis) is 1. The van der Waals surface area contributed by atoms with Crippen LogP contribution in [0.1, 0.15) is 59.9 Å². The molecule has 0 spiro atoms. The number of benzene rings is 1. The molecule has 0 bridgehead atoms. The van der Waals surface area contributed by atoms with E-state index in [0.717, 1.165) is 10.5 Å². The Morgan fingerprint density at radius 1 is 0.971 bits per heavy atom. The van der Waals surface area contributed by atoms with Crippen molar-refractivity contribution in [3.8, 4) is 0 Å². The van der Waals surface area contributed by atoms with E-state index in [-0.39, 0.29) is 18.9 Å². The van der Waals surface area contributed by atoms with Gasteiger partial charge in [0.15, 0.2) is 0 Å². The highest BCUT2D eigenvalue weighted by Crippen LogP contribution is 2.41. The van der Waals surface area contributed by atoms with Crippen LogP contribution in [0.25, 0.3) is 0 Å². The Morgan fingerprint density at radius 3 is 2.00 bits per heavy atom.